The first-order valence-corrected chi connectivity index (χ1v) is 6.57. The van der Waals surface area contributed by atoms with Crippen LogP contribution in [-0.2, 0) is 6.42 Å². The molecule has 0 radical (unpaired) electrons. The molecule has 3 rings (SSSR count). The van der Waals surface area contributed by atoms with Crippen LogP contribution in [0.25, 0.3) is 11.1 Å². The molecule has 0 heterocycles. The Kier molecular flexibility index (Phi) is 2.90. The zero-order valence-corrected chi connectivity index (χ0v) is 11.5. The quantitative estimate of drug-likeness (QED) is 0.633. The van der Waals surface area contributed by atoms with Gasteiger partial charge in [0.15, 0.2) is 0 Å². The fraction of sp³-hybridized carbons (Fsp3) is 0.176. The van der Waals surface area contributed by atoms with E-state index in [1.807, 2.05) is 18.2 Å². The number of hydrogen-bond donors (Lipinski definition) is 1. The van der Waals surface area contributed by atoms with E-state index in [1.54, 1.807) is 6.07 Å². The molecule has 0 atom stereocenters. The minimum absolute atomic E-state index is 0.172. The van der Waals surface area contributed by atoms with Gasteiger partial charge in [-0.25, -0.2) is 0 Å². The zero-order chi connectivity index (χ0) is 14.3. The third-order valence-corrected chi connectivity index (χ3v) is 4.04. The highest BCUT2D eigenvalue weighted by atomic mass is 16.4. The molecule has 0 unspecified atom stereocenters. The predicted molar refractivity (Wildman–Crippen MR) is 78.6 cm³/mol. The van der Waals surface area contributed by atoms with Crippen LogP contribution in [0.1, 0.15) is 27.0 Å². The van der Waals surface area contributed by atoms with E-state index in [0.717, 1.165) is 16.7 Å². The summed E-state index contributed by atoms with van der Waals surface area (Å²) in [6.45, 7) is 4.16. The van der Waals surface area contributed by atoms with Crippen molar-refractivity contribution in [3.63, 3.8) is 0 Å². The summed E-state index contributed by atoms with van der Waals surface area (Å²) in [5, 5.41) is 12.1. The lowest BCUT2D eigenvalue weighted by atomic mass is 9.92. The fourth-order valence-electron chi connectivity index (χ4n) is 2.77. The highest BCUT2D eigenvalue weighted by Gasteiger charge is 2.29. The summed E-state index contributed by atoms with van der Waals surface area (Å²) in [5.41, 5.74) is 6.45. The van der Waals surface area contributed by atoms with E-state index in [2.05, 4.69) is 31.1 Å². The number of oxime groups is 1. The summed E-state index contributed by atoms with van der Waals surface area (Å²) in [6.07, 6.45) is 0.397. The van der Waals surface area contributed by atoms with Crippen molar-refractivity contribution in [2.24, 2.45) is 5.16 Å². The lowest BCUT2D eigenvalue weighted by molar-refractivity contribution is 0.106. The first-order valence-electron chi connectivity index (χ1n) is 6.57. The van der Waals surface area contributed by atoms with Gasteiger partial charge in [0, 0.05) is 12.0 Å². The largest absolute Gasteiger partial charge is 0.411 e. The SMILES string of the molecule is Cc1cccc(-c2cccc3c2C/C(=N\O)C3=O)c1C. The van der Waals surface area contributed by atoms with Gasteiger partial charge in [-0.3, -0.25) is 4.79 Å². The maximum absolute atomic E-state index is 12.1. The second kappa shape index (κ2) is 4.60. The highest BCUT2D eigenvalue weighted by molar-refractivity contribution is 6.49. The van der Waals surface area contributed by atoms with E-state index < -0.39 is 0 Å². The number of benzene rings is 2. The average Bonchev–Trinajstić information content (AvgIpc) is 2.79. The molecule has 1 aliphatic carbocycles. The molecule has 3 nitrogen and oxygen atoms in total. The van der Waals surface area contributed by atoms with Crippen molar-refractivity contribution in [2.45, 2.75) is 20.3 Å². The highest BCUT2D eigenvalue weighted by Crippen LogP contribution is 2.34. The normalized spacial score (nSPS) is 15.7. The Morgan fingerprint density at radius 1 is 1.00 bits per heavy atom. The number of rotatable bonds is 1. The first-order chi connectivity index (χ1) is 9.63. The summed E-state index contributed by atoms with van der Waals surface area (Å²) in [5.74, 6) is -0.172. The third kappa shape index (κ3) is 1.74. The van der Waals surface area contributed by atoms with Crippen LogP contribution in [0.2, 0.25) is 0 Å². The number of hydrogen-bond acceptors (Lipinski definition) is 3. The van der Waals surface area contributed by atoms with Gasteiger partial charge in [-0.05, 0) is 41.7 Å². The van der Waals surface area contributed by atoms with E-state index in [0.29, 0.717) is 12.0 Å². The van der Waals surface area contributed by atoms with Gasteiger partial charge in [-0.2, -0.15) is 0 Å². The van der Waals surface area contributed by atoms with Crippen molar-refractivity contribution in [1.82, 2.24) is 0 Å². The van der Waals surface area contributed by atoms with Gasteiger partial charge in [0.25, 0.3) is 0 Å². The topological polar surface area (TPSA) is 49.7 Å². The molecule has 0 saturated heterocycles. The summed E-state index contributed by atoms with van der Waals surface area (Å²) in [6, 6.07) is 11.9. The molecule has 1 aliphatic rings. The molecule has 0 bridgehead atoms. The van der Waals surface area contributed by atoms with E-state index in [9.17, 15) is 4.79 Å². The number of nitrogens with zero attached hydrogens (tertiary/aromatic N) is 1. The molecule has 3 heteroatoms. The van der Waals surface area contributed by atoms with Crippen LogP contribution in [0, 0.1) is 13.8 Å². The molecular formula is C17H15NO2. The van der Waals surface area contributed by atoms with Crippen LogP contribution in [0.5, 0.6) is 0 Å². The number of carbonyl (C=O) groups is 1. The van der Waals surface area contributed by atoms with Gasteiger partial charge in [-0.15, -0.1) is 0 Å². The molecule has 20 heavy (non-hydrogen) atoms. The van der Waals surface area contributed by atoms with Crippen molar-refractivity contribution >= 4 is 11.5 Å². The van der Waals surface area contributed by atoms with Gasteiger partial charge in [0.1, 0.15) is 5.71 Å². The molecule has 0 aromatic heterocycles. The molecule has 0 saturated carbocycles. The van der Waals surface area contributed by atoms with Crippen molar-refractivity contribution in [3.8, 4) is 11.1 Å². The van der Waals surface area contributed by atoms with Crippen molar-refractivity contribution in [1.29, 1.82) is 0 Å². The molecule has 0 amide bonds. The van der Waals surface area contributed by atoms with Crippen molar-refractivity contribution in [2.75, 3.05) is 0 Å². The molecule has 0 fully saturated rings. The lowest BCUT2D eigenvalue weighted by Gasteiger charge is -2.12. The molecule has 0 spiro atoms. The molecule has 2 aromatic rings. The number of Topliss-reactive ketones (excluding diaryl/α,β-unsaturated/α-hetero) is 1. The van der Waals surface area contributed by atoms with Crippen LogP contribution in [0.3, 0.4) is 0 Å². The number of ketones is 1. The Bertz CT molecular complexity index is 745. The van der Waals surface area contributed by atoms with Crippen LogP contribution in [-0.4, -0.2) is 16.7 Å². The summed E-state index contributed by atoms with van der Waals surface area (Å²) in [4.78, 5) is 12.1. The van der Waals surface area contributed by atoms with Crippen LogP contribution in [0.15, 0.2) is 41.6 Å². The molecule has 100 valence electrons. The second-order valence-electron chi connectivity index (χ2n) is 5.13. The van der Waals surface area contributed by atoms with E-state index in [1.165, 1.54) is 11.1 Å². The Morgan fingerprint density at radius 3 is 2.40 bits per heavy atom. The molecular weight excluding hydrogens is 250 g/mol. The van der Waals surface area contributed by atoms with E-state index in [-0.39, 0.29) is 11.5 Å². The smallest absolute Gasteiger partial charge is 0.211 e. The summed E-state index contributed by atoms with van der Waals surface area (Å²) < 4.78 is 0. The van der Waals surface area contributed by atoms with Gasteiger partial charge in [0.05, 0.1) is 0 Å². The predicted octanol–water partition coefficient (Wildman–Crippen LogP) is 3.54. The second-order valence-corrected chi connectivity index (χ2v) is 5.13. The minimum atomic E-state index is -0.172. The standard InChI is InChI=1S/C17H15NO2/c1-10-5-3-6-12(11(10)2)13-7-4-8-14-15(13)9-16(18-20)17(14)19/h3-8,20H,9H2,1-2H3/b18-16+. The number of aryl methyl sites for hydroxylation is 1. The minimum Gasteiger partial charge on any atom is -0.411 e. The number of fused-ring (bicyclic) bond motifs is 1. The monoisotopic (exact) mass is 265 g/mol. The molecule has 2 aromatic carbocycles. The van der Waals surface area contributed by atoms with E-state index >= 15 is 0 Å². The fourth-order valence-corrected chi connectivity index (χ4v) is 2.77. The van der Waals surface area contributed by atoms with Crippen molar-refractivity contribution in [3.05, 3.63) is 58.7 Å². The Hall–Kier alpha value is -2.42. The number of carbonyl (C=O) groups excluding carboxylic acids is 1. The molecule has 0 aliphatic heterocycles. The van der Waals surface area contributed by atoms with E-state index in [4.69, 9.17) is 5.21 Å². The zero-order valence-electron chi connectivity index (χ0n) is 11.5. The summed E-state index contributed by atoms with van der Waals surface area (Å²) >= 11 is 0. The van der Waals surface area contributed by atoms with Gasteiger partial charge in [0.2, 0.25) is 5.78 Å². The summed E-state index contributed by atoms with van der Waals surface area (Å²) in [7, 11) is 0. The van der Waals surface area contributed by atoms with Gasteiger partial charge >= 0.3 is 0 Å². The maximum atomic E-state index is 12.1. The van der Waals surface area contributed by atoms with Crippen LogP contribution < -0.4 is 0 Å². The molecule has 1 N–H and O–H groups in total. The first kappa shape index (κ1) is 12.6. The average molecular weight is 265 g/mol. The maximum Gasteiger partial charge on any atom is 0.211 e. The van der Waals surface area contributed by atoms with Crippen LogP contribution >= 0.6 is 0 Å². The Labute approximate surface area is 117 Å². The van der Waals surface area contributed by atoms with Crippen molar-refractivity contribution < 1.29 is 10.0 Å². The van der Waals surface area contributed by atoms with Crippen LogP contribution in [0.4, 0.5) is 0 Å². The third-order valence-electron chi connectivity index (χ3n) is 4.04. The Morgan fingerprint density at radius 2 is 1.65 bits per heavy atom. The van der Waals surface area contributed by atoms with Gasteiger partial charge in [-0.1, -0.05) is 41.6 Å². The Balaban J connectivity index is 2.24. The van der Waals surface area contributed by atoms with Gasteiger partial charge < -0.3 is 5.21 Å². The lowest BCUT2D eigenvalue weighted by Crippen LogP contribution is -2.06.